The third-order valence-electron chi connectivity index (χ3n) is 3.22. The number of nitrogens with zero attached hydrogens (tertiary/aromatic N) is 1. The van der Waals surface area contributed by atoms with E-state index in [-0.39, 0.29) is 0 Å². The largest absolute Gasteiger partial charge is 0.455 e. The summed E-state index contributed by atoms with van der Waals surface area (Å²) in [7, 11) is 0. The molecule has 4 aromatic rings. The highest BCUT2D eigenvalue weighted by molar-refractivity contribution is 6.31. The molecule has 2 heterocycles. The van der Waals surface area contributed by atoms with Crippen LogP contribution in [0.3, 0.4) is 0 Å². The molecule has 86 valence electrons. The zero-order valence-electron chi connectivity index (χ0n) is 9.35. The van der Waals surface area contributed by atoms with Crippen LogP contribution in [-0.2, 0) is 0 Å². The molecule has 0 saturated carbocycles. The maximum atomic E-state index is 6.01. The van der Waals surface area contributed by atoms with Gasteiger partial charge in [-0.05, 0) is 35.7 Å². The first-order valence-electron chi connectivity index (χ1n) is 5.67. The number of hydrogen-bond donors (Lipinski definition) is 0. The Balaban J connectivity index is 2.28. The van der Waals surface area contributed by atoms with Crippen molar-refractivity contribution < 1.29 is 4.42 Å². The number of rotatable bonds is 0. The average Bonchev–Trinajstić information content (AvgIpc) is 2.77. The van der Waals surface area contributed by atoms with Crippen LogP contribution >= 0.6 is 11.6 Å². The predicted molar refractivity (Wildman–Crippen MR) is 74.0 cm³/mol. The van der Waals surface area contributed by atoms with Crippen molar-refractivity contribution in [3.05, 3.63) is 53.8 Å². The van der Waals surface area contributed by atoms with Crippen molar-refractivity contribution in [2.45, 2.75) is 0 Å². The average molecular weight is 254 g/mol. The first kappa shape index (κ1) is 9.92. The summed E-state index contributed by atoms with van der Waals surface area (Å²) in [4.78, 5) is 4.15. The molecule has 0 radical (unpaired) electrons. The quantitative estimate of drug-likeness (QED) is 0.450. The second kappa shape index (κ2) is 3.47. The van der Waals surface area contributed by atoms with Gasteiger partial charge in [0.25, 0.3) is 0 Å². The predicted octanol–water partition coefficient (Wildman–Crippen LogP) is 4.79. The fraction of sp³-hybridized carbons (Fsp3) is 0. The third-order valence-corrected chi connectivity index (χ3v) is 3.45. The Morgan fingerprint density at radius 2 is 1.83 bits per heavy atom. The Bertz CT molecular complexity index is 895. The fourth-order valence-corrected chi connectivity index (χ4v) is 2.56. The van der Waals surface area contributed by atoms with Gasteiger partial charge in [-0.2, -0.15) is 0 Å². The molecular weight excluding hydrogens is 246 g/mol. The molecule has 0 fully saturated rings. The second-order valence-corrected chi connectivity index (χ2v) is 4.72. The SMILES string of the molecule is Clc1ccc2c(ccc3c4cnccc4oc23)c1. The number of aromatic nitrogens is 1. The van der Waals surface area contributed by atoms with E-state index in [1.165, 1.54) is 0 Å². The highest BCUT2D eigenvalue weighted by Gasteiger charge is 2.09. The summed E-state index contributed by atoms with van der Waals surface area (Å²) in [5.74, 6) is 0. The van der Waals surface area contributed by atoms with E-state index in [1.54, 1.807) is 6.20 Å². The first-order valence-corrected chi connectivity index (χ1v) is 6.05. The molecule has 0 spiro atoms. The van der Waals surface area contributed by atoms with Gasteiger partial charge in [-0.1, -0.05) is 17.7 Å². The second-order valence-electron chi connectivity index (χ2n) is 4.28. The summed E-state index contributed by atoms with van der Waals surface area (Å²) in [5.41, 5.74) is 1.76. The van der Waals surface area contributed by atoms with Gasteiger partial charge >= 0.3 is 0 Å². The van der Waals surface area contributed by atoms with Gasteiger partial charge < -0.3 is 4.42 Å². The summed E-state index contributed by atoms with van der Waals surface area (Å²) < 4.78 is 5.92. The molecule has 2 aromatic carbocycles. The van der Waals surface area contributed by atoms with Gasteiger partial charge in [0.2, 0.25) is 0 Å². The number of furan rings is 1. The Labute approximate surface area is 108 Å². The van der Waals surface area contributed by atoms with Crippen molar-refractivity contribution in [2.75, 3.05) is 0 Å². The Hall–Kier alpha value is -2.06. The van der Waals surface area contributed by atoms with Crippen LogP contribution in [0.1, 0.15) is 0 Å². The summed E-state index contributed by atoms with van der Waals surface area (Å²) >= 11 is 6.01. The minimum absolute atomic E-state index is 0.736. The molecule has 0 N–H and O–H groups in total. The molecule has 18 heavy (non-hydrogen) atoms. The molecule has 2 nitrogen and oxygen atoms in total. The minimum atomic E-state index is 0.736. The van der Waals surface area contributed by atoms with E-state index in [0.717, 1.165) is 37.7 Å². The van der Waals surface area contributed by atoms with Crippen LogP contribution in [0.5, 0.6) is 0 Å². The molecule has 2 aromatic heterocycles. The highest BCUT2D eigenvalue weighted by atomic mass is 35.5. The third kappa shape index (κ3) is 1.27. The van der Waals surface area contributed by atoms with E-state index in [1.807, 2.05) is 30.5 Å². The van der Waals surface area contributed by atoms with E-state index in [0.29, 0.717) is 0 Å². The molecule has 0 unspecified atom stereocenters. The lowest BCUT2D eigenvalue weighted by Gasteiger charge is -1.98. The minimum Gasteiger partial charge on any atom is -0.455 e. The summed E-state index contributed by atoms with van der Waals surface area (Å²) in [5, 5.41) is 5.03. The Morgan fingerprint density at radius 3 is 2.78 bits per heavy atom. The lowest BCUT2D eigenvalue weighted by molar-refractivity contribution is 0.672. The van der Waals surface area contributed by atoms with Gasteiger partial charge in [0.15, 0.2) is 0 Å². The molecule has 0 atom stereocenters. The van der Waals surface area contributed by atoms with Crippen molar-refractivity contribution in [1.29, 1.82) is 0 Å². The van der Waals surface area contributed by atoms with Gasteiger partial charge in [-0.3, -0.25) is 4.98 Å². The number of fused-ring (bicyclic) bond motifs is 5. The zero-order valence-corrected chi connectivity index (χ0v) is 10.1. The Morgan fingerprint density at radius 1 is 0.944 bits per heavy atom. The molecule has 0 aliphatic heterocycles. The summed E-state index contributed by atoms with van der Waals surface area (Å²) in [6, 6.07) is 11.8. The number of hydrogen-bond acceptors (Lipinski definition) is 2. The molecule has 0 aliphatic rings. The molecule has 0 saturated heterocycles. The maximum absolute atomic E-state index is 6.01. The lowest BCUT2D eigenvalue weighted by Crippen LogP contribution is -1.74. The monoisotopic (exact) mass is 253 g/mol. The van der Waals surface area contributed by atoms with Crippen LogP contribution < -0.4 is 0 Å². The standard InChI is InChI=1S/C15H8ClNO/c16-10-2-4-11-9(7-10)1-3-12-13-8-17-6-5-14(13)18-15(11)12/h1-8H. The molecule has 3 heteroatoms. The van der Waals surface area contributed by atoms with Crippen LogP contribution in [0.2, 0.25) is 5.02 Å². The molecule has 0 amide bonds. The van der Waals surface area contributed by atoms with Crippen molar-refractivity contribution in [2.24, 2.45) is 0 Å². The number of halogens is 1. The van der Waals surface area contributed by atoms with E-state index in [9.17, 15) is 0 Å². The van der Waals surface area contributed by atoms with E-state index in [2.05, 4.69) is 17.1 Å². The molecule has 0 bridgehead atoms. The van der Waals surface area contributed by atoms with Gasteiger partial charge in [0.1, 0.15) is 11.2 Å². The molecule has 4 rings (SSSR count). The van der Waals surface area contributed by atoms with Crippen LogP contribution in [-0.4, -0.2) is 4.98 Å². The topological polar surface area (TPSA) is 26.0 Å². The van der Waals surface area contributed by atoms with E-state index >= 15 is 0 Å². The van der Waals surface area contributed by atoms with Crippen molar-refractivity contribution in [3.63, 3.8) is 0 Å². The van der Waals surface area contributed by atoms with Crippen molar-refractivity contribution >= 4 is 44.3 Å². The molecular formula is C15H8ClNO. The Kier molecular flexibility index (Phi) is 1.91. The number of benzene rings is 2. The van der Waals surface area contributed by atoms with Crippen LogP contribution in [0.25, 0.3) is 32.7 Å². The smallest absolute Gasteiger partial charge is 0.143 e. The highest BCUT2D eigenvalue weighted by Crippen LogP contribution is 2.34. The van der Waals surface area contributed by atoms with Gasteiger partial charge in [0.05, 0.1) is 0 Å². The summed E-state index contributed by atoms with van der Waals surface area (Å²) in [6.45, 7) is 0. The van der Waals surface area contributed by atoms with Crippen LogP contribution in [0, 0.1) is 0 Å². The van der Waals surface area contributed by atoms with Gasteiger partial charge in [0, 0.05) is 33.6 Å². The van der Waals surface area contributed by atoms with E-state index in [4.69, 9.17) is 16.0 Å². The number of pyridine rings is 1. The van der Waals surface area contributed by atoms with Crippen LogP contribution in [0.4, 0.5) is 0 Å². The maximum Gasteiger partial charge on any atom is 0.143 e. The van der Waals surface area contributed by atoms with Crippen molar-refractivity contribution in [3.8, 4) is 0 Å². The normalized spacial score (nSPS) is 11.6. The fourth-order valence-electron chi connectivity index (χ4n) is 2.38. The first-order chi connectivity index (χ1) is 8.83. The van der Waals surface area contributed by atoms with Crippen LogP contribution in [0.15, 0.2) is 53.2 Å². The summed E-state index contributed by atoms with van der Waals surface area (Å²) in [6.07, 6.45) is 3.58. The zero-order chi connectivity index (χ0) is 12.1. The lowest BCUT2D eigenvalue weighted by atomic mass is 10.1. The van der Waals surface area contributed by atoms with Gasteiger partial charge in [-0.15, -0.1) is 0 Å². The van der Waals surface area contributed by atoms with Gasteiger partial charge in [-0.25, -0.2) is 0 Å². The van der Waals surface area contributed by atoms with Crippen molar-refractivity contribution in [1.82, 2.24) is 4.98 Å². The molecule has 0 aliphatic carbocycles. The van der Waals surface area contributed by atoms with E-state index < -0.39 is 0 Å².